The molecule has 4 nitrogen and oxygen atoms in total. The highest BCUT2D eigenvalue weighted by molar-refractivity contribution is 6.30. The quantitative estimate of drug-likeness (QED) is 0.897. The molecule has 2 aliphatic heterocycles. The van der Waals surface area contributed by atoms with Gasteiger partial charge >= 0.3 is 0 Å². The van der Waals surface area contributed by atoms with E-state index in [4.69, 9.17) is 11.6 Å². The van der Waals surface area contributed by atoms with E-state index < -0.39 is 0 Å². The third-order valence-corrected chi connectivity index (χ3v) is 4.41. The first-order chi connectivity index (χ1) is 10.3. The van der Waals surface area contributed by atoms with Crippen molar-refractivity contribution >= 4 is 17.6 Å². The van der Waals surface area contributed by atoms with Gasteiger partial charge in [-0.25, -0.2) is 0 Å². The fraction of sp³-hybridized carbons (Fsp3) is 0.562. The molecule has 0 aromatic heterocycles. The lowest BCUT2D eigenvalue weighted by atomic mass is 10.1. The molecule has 1 fully saturated rings. The van der Waals surface area contributed by atoms with Crippen molar-refractivity contribution in [3.63, 3.8) is 0 Å². The predicted octanol–water partition coefficient (Wildman–Crippen LogP) is 2.42. The Morgan fingerprint density at radius 1 is 1.29 bits per heavy atom. The number of aliphatic imine (C=N–C) groups is 1. The lowest BCUT2D eigenvalue weighted by molar-refractivity contribution is 0.245. The van der Waals surface area contributed by atoms with Crippen LogP contribution in [0.5, 0.6) is 0 Å². The molecular weight excluding hydrogens is 284 g/mol. The van der Waals surface area contributed by atoms with Crippen molar-refractivity contribution in [2.75, 3.05) is 32.7 Å². The third-order valence-electron chi connectivity index (χ3n) is 4.17. The Morgan fingerprint density at radius 3 is 2.86 bits per heavy atom. The van der Waals surface area contributed by atoms with Crippen LogP contribution in [0.15, 0.2) is 29.3 Å². The minimum atomic E-state index is 0.359. The van der Waals surface area contributed by atoms with Gasteiger partial charge in [-0.2, -0.15) is 0 Å². The Kier molecular flexibility index (Phi) is 4.99. The normalized spacial score (nSPS) is 20.7. The average molecular weight is 307 g/mol. The zero-order valence-corrected chi connectivity index (χ0v) is 13.1. The van der Waals surface area contributed by atoms with Crippen molar-refractivity contribution in [2.45, 2.75) is 25.3 Å². The van der Waals surface area contributed by atoms with Crippen LogP contribution in [0, 0.1) is 0 Å². The Balaban J connectivity index is 1.71. The molecule has 1 aromatic carbocycles. The molecule has 2 N–H and O–H groups in total. The first kappa shape index (κ1) is 14.7. The molecule has 5 heteroatoms. The summed E-state index contributed by atoms with van der Waals surface area (Å²) in [5.41, 5.74) is 1.29. The maximum Gasteiger partial charge on any atom is 0.191 e. The number of halogens is 1. The molecule has 2 heterocycles. The molecule has 1 atom stereocenters. The molecule has 0 spiro atoms. The largest absolute Gasteiger partial charge is 0.356 e. The van der Waals surface area contributed by atoms with Crippen LogP contribution < -0.4 is 10.6 Å². The van der Waals surface area contributed by atoms with Crippen LogP contribution in [0.4, 0.5) is 0 Å². The molecule has 21 heavy (non-hydrogen) atoms. The van der Waals surface area contributed by atoms with Crippen molar-refractivity contribution in [1.82, 2.24) is 15.5 Å². The van der Waals surface area contributed by atoms with Gasteiger partial charge in [0.1, 0.15) is 0 Å². The summed E-state index contributed by atoms with van der Waals surface area (Å²) < 4.78 is 0. The number of hydrogen-bond acceptors (Lipinski definition) is 4. The SMILES string of the molecule is Clc1cccc(C(CNC2=NCCCN2)N2CCCC2)c1. The molecule has 2 aliphatic rings. The third kappa shape index (κ3) is 3.89. The van der Waals surface area contributed by atoms with Gasteiger partial charge in [-0.1, -0.05) is 23.7 Å². The number of benzene rings is 1. The molecule has 3 rings (SSSR count). The highest BCUT2D eigenvalue weighted by Gasteiger charge is 2.24. The molecule has 114 valence electrons. The van der Waals surface area contributed by atoms with E-state index in [9.17, 15) is 0 Å². The maximum absolute atomic E-state index is 6.17. The number of nitrogens with zero attached hydrogens (tertiary/aromatic N) is 2. The fourth-order valence-corrected chi connectivity index (χ4v) is 3.27. The molecular formula is C16H23ClN4. The predicted molar refractivity (Wildman–Crippen MR) is 87.9 cm³/mol. The van der Waals surface area contributed by atoms with Crippen LogP contribution in [0.2, 0.25) is 5.02 Å². The number of likely N-dealkylation sites (tertiary alicyclic amines) is 1. The monoisotopic (exact) mass is 306 g/mol. The second-order valence-corrected chi connectivity index (χ2v) is 6.14. The van der Waals surface area contributed by atoms with Crippen molar-refractivity contribution in [1.29, 1.82) is 0 Å². The van der Waals surface area contributed by atoms with Crippen LogP contribution in [0.25, 0.3) is 0 Å². The van der Waals surface area contributed by atoms with E-state index >= 15 is 0 Å². The summed E-state index contributed by atoms with van der Waals surface area (Å²) in [7, 11) is 0. The van der Waals surface area contributed by atoms with E-state index in [2.05, 4.69) is 32.7 Å². The van der Waals surface area contributed by atoms with E-state index in [1.165, 1.54) is 31.5 Å². The summed E-state index contributed by atoms with van der Waals surface area (Å²) in [5.74, 6) is 0.937. The molecule has 0 amide bonds. The zero-order chi connectivity index (χ0) is 14.5. The van der Waals surface area contributed by atoms with Gasteiger partial charge in [0.25, 0.3) is 0 Å². The van der Waals surface area contributed by atoms with E-state index in [-0.39, 0.29) is 0 Å². The second kappa shape index (κ2) is 7.14. The number of nitrogens with one attached hydrogen (secondary N) is 2. The fourth-order valence-electron chi connectivity index (χ4n) is 3.07. The van der Waals surface area contributed by atoms with Crippen molar-refractivity contribution in [2.24, 2.45) is 4.99 Å². The average Bonchev–Trinajstić information content (AvgIpc) is 3.03. The Bertz CT molecular complexity index is 497. The smallest absolute Gasteiger partial charge is 0.191 e. The van der Waals surface area contributed by atoms with Gasteiger partial charge in [-0.3, -0.25) is 9.89 Å². The highest BCUT2D eigenvalue weighted by Crippen LogP contribution is 2.26. The van der Waals surface area contributed by atoms with Crippen LogP contribution >= 0.6 is 11.6 Å². The van der Waals surface area contributed by atoms with Crippen molar-refractivity contribution in [3.05, 3.63) is 34.9 Å². The van der Waals surface area contributed by atoms with Crippen LogP contribution in [-0.2, 0) is 0 Å². The highest BCUT2D eigenvalue weighted by atomic mass is 35.5. The van der Waals surface area contributed by atoms with Gasteiger partial charge in [-0.15, -0.1) is 0 Å². The summed E-state index contributed by atoms with van der Waals surface area (Å²) in [6.45, 7) is 5.13. The molecule has 0 saturated carbocycles. The minimum Gasteiger partial charge on any atom is -0.356 e. The van der Waals surface area contributed by atoms with Gasteiger partial charge < -0.3 is 10.6 Å². The van der Waals surface area contributed by atoms with Crippen LogP contribution in [0.3, 0.4) is 0 Å². The van der Waals surface area contributed by atoms with E-state index in [0.29, 0.717) is 6.04 Å². The van der Waals surface area contributed by atoms with Gasteiger partial charge in [0.05, 0.1) is 6.04 Å². The zero-order valence-electron chi connectivity index (χ0n) is 12.3. The van der Waals surface area contributed by atoms with Gasteiger partial charge in [0, 0.05) is 24.7 Å². The summed E-state index contributed by atoms with van der Waals surface area (Å²) in [6.07, 6.45) is 3.70. The van der Waals surface area contributed by atoms with Gasteiger partial charge in [-0.05, 0) is 50.0 Å². The lowest BCUT2D eigenvalue weighted by Gasteiger charge is -2.29. The summed E-state index contributed by atoms with van der Waals surface area (Å²) in [6, 6.07) is 8.59. The van der Waals surface area contributed by atoms with Crippen molar-refractivity contribution < 1.29 is 0 Å². The van der Waals surface area contributed by atoms with Crippen molar-refractivity contribution in [3.8, 4) is 0 Å². The molecule has 0 bridgehead atoms. The van der Waals surface area contributed by atoms with Gasteiger partial charge in [0.15, 0.2) is 5.96 Å². The Hall–Kier alpha value is -1.26. The first-order valence-corrected chi connectivity index (χ1v) is 8.22. The summed E-state index contributed by atoms with van der Waals surface area (Å²) in [5, 5.41) is 7.60. The topological polar surface area (TPSA) is 39.7 Å². The van der Waals surface area contributed by atoms with Gasteiger partial charge in [0.2, 0.25) is 0 Å². The Labute approximate surface area is 131 Å². The molecule has 1 unspecified atom stereocenters. The molecule has 1 aromatic rings. The van der Waals surface area contributed by atoms with E-state index in [1.807, 2.05) is 12.1 Å². The summed E-state index contributed by atoms with van der Waals surface area (Å²) in [4.78, 5) is 7.03. The minimum absolute atomic E-state index is 0.359. The molecule has 0 aliphatic carbocycles. The molecule has 1 saturated heterocycles. The van der Waals surface area contributed by atoms with Crippen LogP contribution in [-0.4, -0.2) is 43.6 Å². The standard InChI is InChI=1S/C16H23ClN4/c17-14-6-3-5-13(11-14)15(21-9-1-2-10-21)12-20-16-18-7-4-8-19-16/h3,5-6,11,15H,1-2,4,7-10,12H2,(H2,18,19,20). The Morgan fingerprint density at radius 2 is 2.14 bits per heavy atom. The number of guanidine groups is 1. The van der Waals surface area contributed by atoms with Crippen LogP contribution in [0.1, 0.15) is 30.9 Å². The summed E-state index contributed by atoms with van der Waals surface area (Å²) >= 11 is 6.17. The number of rotatable bonds is 4. The maximum atomic E-state index is 6.17. The van der Waals surface area contributed by atoms with E-state index in [1.54, 1.807) is 0 Å². The molecule has 0 radical (unpaired) electrons. The lowest BCUT2D eigenvalue weighted by Crippen LogP contribution is -2.44. The first-order valence-electron chi connectivity index (χ1n) is 7.84. The van der Waals surface area contributed by atoms with E-state index in [0.717, 1.165) is 37.0 Å². The second-order valence-electron chi connectivity index (χ2n) is 5.71. The number of hydrogen-bond donors (Lipinski definition) is 2.